The smallest absolute Gasteiger partial charge is 0.335 e. The van der Waals surface area contributed by atoms with Crippen molar-refractivity contribution in [3.63, 3.8) is 0 Å². The maximum atomic E-state index is 12.6. The molecule has 166 valence electrons. The van der Waals surface area contributed by atoms with E-state index in [2.05, 4.69) is 10.0 Å². The Labute approximate surface area is 195 Å². The summed E-state index contributed by atoms with van der Waals surface area (Å²) in [5.41, 5.74) is 1.33. The fourth-order valence-corrected chi connectivity index (χ4v) is 4.41. The maximum Gasteiger partial charge on any atom is 0.335 e. The Morgan fingerprint density at radius 2 is 1.59 bits per heavy atom. The second kappa shape index (κ2) is 10.0. The number of amides is 1. The van der Waals surface area contributed by atoms with E-state index in [1.807, 2.05) is 0 Å². The number of carbonyl (C=O) groups excluding carboxylic acids is 1. The average Bonchev–Trinajstić information content (AvgIpc) is 2.75. The molecule has 0 saturated carbocycles. The molecule has 0 aromatic heterocycles. The second-order valence-electron chi connectivity index (χ2n) is 6.77. The van der Waals surface area contributed by atoms with Crippen molar-refractivity contribution in [1.29, 1.82) is 0 Å². The zero-order chi connectivity index (χ0) is 23.3. The van der Waals surface area contributed by atoms with Gasteiger partial charge in [-0.05, 0) is 60.5 Å². The average molecular weight is 493 g/mol. The lowest BCUT2D eigenvalue weighted by Gasteiger charge is -2.12. The summed E-state index contributed by atoms with van der Waals surface area (Å²) >= 11 is 12.0. The number of hydrogen-bond acceptors (Lipinski definition) is 4. The molecule has 1 amide bonds. The summed E-state index contributed by atoms with van der Waals surface area (Å²) in [6.45, 7) is 0.303. The maximum absolute atomic E-state index is 12.6. The standard InChI is InChI=1S/C22H18Cl2N2O5S/c23-17-2-1-3-18(13-17)32(30,31)26-20-12-16(8-9-19(20)24)21(27)25-11-10-14-4-6-15(7-5-14)22(28)29/h1-9,12-13,26H,10-11H2,(H,25,27)(H,28,29). The first-order valence-electron chi connectivity index (χ1n) is 9.34. The van der Waals surface area contributed by atoms with Crippen LogP contribution in [-0.2, 0) is 16.4 Å². The first kappa shape index (κ1) is 23.6. The van der Waals surface area contributed by atoms with Crippen LogP contribution in [0.2, 0.25) is 10.0 Å². The van der Waals surface area contributed by atoms with Gasteiger partial charge < -0.3 is 10.4 Å². The van der Waals surface area contributed by atoms with Crippen LogP contribution in [0.4, 0.5) is 5.69 Å². The molecule has 0 heterocycles. The quantitative estimate of drug-likeness (QED) is 0.429. The van der Waals surface area contributed by atoms with Crippen molar-refractivity contribution >= 4 is 50.8 Å². The van der Waals surface area contributed by atoms with Crippen molar-refractivity contribution in [3.05, 3.63) is 93.5 Å². The number of carboxylic acids is 1. The second-order valence-corrected chi connectivity index (χ2v) is 9.29. The Morgan fingerprint density at radius 1 is 0.906 bits per heavy atom. The van der Waals surface area contributed by atoms with Crippen LogP contribution < -0.4 is 10.0 Å². The van der Waals surface area contributed by atoms with Crippen LogP contribution in [0.5, 0.6) is 0 Å². The van der Waals surface area contributed by atoms with Crippen LogP contribution in [0, 0.1) is 0 Å². The Morgan fingerprint density at radius 3 is 2.25 bits per heavy atom. The van der Waals surface area contributed by atoms with E-state index in [0.29, 0.717) is 13.0 Å². The minimum atomic E-state index is -3.96. The third-order valence-corrected chi connectivity index (χ3v) is 6.41. The van der Waals surface area contributed by atoms with E-state index in [1.165, 1.54) is 48.5 Å². The largest absolute Gasteiger partial charge is 0.478 e. The van der Waals surface area contributed by atoms with Gasteiger partial charge in [-0.15, -0.1) is 0 Å². The first-order chi connectivity index (χ1) is 15.2. The van der Waals surface area contributed by atoms with Crippen LogP contribution >= 0.6 is 23.2 Å². The third-order valence-electron chi connectivity index (χ3n) is 4.48. The molecule has 0 saturated heterocycles. The van der Waals surface area contributed by atoms with E-state index in [1.54, 1.807) is 18.2 Å². The predicted octanol–water partition coefficient (Wildman–Crippen LogP) is 4.46. The molecule has 0 unspecified atom stereocenters. The summed E-state index contributed by atoms with van der Waals surface area (Å²) in [5.74, 6) is -1.42. The van der Waals surface area contributed by atoms with Crippen molar-refractivity contribution < 1.29 is 23.1 Å². The highest BCUT2D eigenvalue weighted by Gasteiger charge is 2.17. The normalized spacial score (nSPS) is 11.1. The van der Waals surface area contributed by atoms with Crippen LogP contribution in [0.25, 0.3) is 0 Å². The number of aromatic carboxylic acids is 1. The highest BCUT2D eigenvalue weighted by molar-refractivity contribution is 7.92. The summed E-state index contributed by atoms with van der Waals surface area (Å²) in [6, 6.07) is 16.4. The molecule has 0 fully saturated rings. The summed E-state index contributed by atoms with van der Waals surface area (Å²) in [5, 5.41) is 12.1. The van der Waals surface area contributed by atoms with Crippen LogP contribution in [0.15, 0.2) is 71.6 Å². The number of nitrogens with one attached hydrogen (secondary N) is 2. The Balaban J connectivity index is 1.66. The molecular weight excluding hydrogens is 475 g/mol. The van der Waals surface area contributed by atoms with Gasteiger partial charge in [0.15, 0.2) is 0 Å². The summed E-state index contributed by atoms with van der Waals surface area (Å²) in [4.78, 5) is 23.3. The van der Waals surface area contributed by atoms with E-state index < -0.39 is 21.9 Å². The zero-order valence-electron chi connectivity index (χ0n) is 16.5. The van der Waals surface area contributed by atoms with Gasteiger partial charge in [0, 0.05) is 17.1 Å². The Kier molecular flexibility index (Phi) is 7.40. The molecule has 7 nitrogen and oxygen atoms in total. The number of sulfonamides is 1. The molecule has 10 heteroatoms. The third kappa shape index (κ3) is 6.00. The number of benzene rings is 3. The minimum Gasteiger partial charge on any atom is -0.478 e. The van der Waals surface area contributed by atoms with Gasteiger partial charge in [-0.1, -0.05) is 41.4 Å². The predicted molar refractivity (Wildman–Crippen MR) is 123 cm³/mol. The summed E-state index contributed by atoms with van der Waals surface area (Å²) in [6.07, 6.45) is 0.494. The number of rotatable bonds is 8. The lowest BCUT2D eigenvalue weighted by molar-refractivity contribution is 0.0696. The molecule has 3 aromatic rings. The Hall–Kier alpha value is -3.07. The number of carbonyl (C=O) groups is 2. The lowest BCUT2D eigenvalue weighted by Crippen LogP contribution is -2.26. The van der Waals surface area contributed by atoms with Crippen LogP contribution in [0.3, 0.4) is 0 Å². The van der Waals surface area contributed by atoms with E-state index in [0.717, 1.165) is 5.56 Å². The molecule has 0 atom stereocenters. The summed E-state index contributed by atoms with van der Waals surface area (Å²) in [7, 11) is -3.96. The number of anilines is 1. The SMILES string of the molecule is O=C(O)c1ccc(CCNC(=O)c2ccc(Cl)c(NS(=O)(=O)c3cccc(Cl)c3)c2)cc1. The van der Waals surface area contributed by atoms with Crippen molar-refractivity contribution in [2.24, 2.45) is 0 Å². The molecule has 3 aromatic carbocycles. The van der Waals surface area contributed by atoms with Gasteiger partial charge in [0.2, 0.25) is 0 Å². The molecule has 0 spiro atoms. The van der Waals surface area contributed by atoms with Gasteiger partial charge in [-0.2, -0.15) is 0 Å². The number of hydrogen-bond donors (Lipinski definition) is 3. The lowest BCUT2D eigenvalue weighted by atomic mass is 10.1. The van der Waals surface area contributed by atoms with Crippen molar-refractivity contribution in [2.45, 2.75) is 11.3 Å². The molecule has 0 radical (unpaired) electrons. The van der Waals surface area contributed by atoms with E-state index in [4.69, 9.17) is 28.3 Å². The van der Waals surface area contributed by atoms with Crippen LogP contribution in [-0.4, -0.2) is 31.9 Å². The van der Waals surface area contributed by atoms with E-state index in [-0.39, 0.29) is 31.8 Å². The van der Waals surface area contributed by atoms with Gasteiger partial charge in [0.1, 0.15) is 0 Å². The topological polar surface area (TPSA) is 113 Å². The molecule has 3 N–H and O–H groups in total. The van der Waals surface area contributed by atoms with E-state index >= 15 is 0 Å². The number of halogens is 2. The van der Waals surface area contributed by atoms with Crippen molar-refractivity contribution in [3.8, 4) is 0 Å². The summed E-state index contributed by atoms with van der Waals surface area (Å²) < 4.78 is 27.6. The molecule has 0 aliphatic carbocycles. The van der Waals surface area contributed by atoms with Gasteiger partial charge >= 0.3 is 5.97 Å². The zero-order valence-corrected chi connectivity index (χ0v) is 18.8. The van der Waals surface area contributed by atoms with Gasteiger partial charge in [-0.3, -0.25) is 9.52 Å². The monoisotopic (exact) mass is 492 g/mol. The van der Waals surface area contributed by atoms with Crippen molar-refractivity contribution in [2.75, 3.05) is 11.3 Å². The minimum absolute atomic E-state index is 0.0372. The fourth-order valence-electron chi connectivity index (χ4n) is 2.82. The van der Waals surface area contributed by atoms with Gasteiger partial charge in [0.05, 0.1) is 21.2 Å². The highest BCUT2D eigenvalue weighted by atomic mass is 35.5. The molecule has 32 heavy (non-hydrogen) atoms. The molecule has 0 aliphatic heterocycles. The molecule has 0 bridgehead atoms. The van der Waals surface area contributed by atoms with E-state index in [9.17, 15) is 18.0 Å². The van der Waals surface area contributed by atoms with Gasteiger partial charge in [-0.25, -0.2) is 13.2 Å². The molecule has 0 aliphatic rings. The molecular formula is C22H18Cl2N2O5S. The Bertz CT molecular complexity index is 1260. The molecule has 3 rings (SSSR count). The number of carboxylic acid groups (broad SMARTS) is 1. The fraction of sp³-hybridized carbons (Fsp3) is 0.0909. The van der Waals surface area contributed by atoms with Crippen molar-refractivity contribution in [1.82, 2.24) is 5.32 Å². The highest BCUT2D eigenvalue weighted by Crippen LogP contribution is 2.26. The van der Waals surface area contributed by atoms with Crippen LogP contribution in [0.1, 0.15) is 26.3 Å². The first-order valence-corrected chi connectivity index (χ1v) is 11.6. The van der Waals surface area contributed by atoms with Gasteiger partial charge in [0.25, 0.3) is 15.9 Å².